The molecule has 106 valence electrons. The van der Waals surface area contributed by atoms with Crippen molar-refractivity contribution in [1.29, 1.82) is 0 Å². The number of benzene rings is 2. The van der Waals surface area contributed by atoms with Gasteiger partial charge in [-0.25, -0.2) is 4.98 Å². The van der Waals surface area contributed by atoms with Crippen LogP contribution in [0.15, 0.2) is 53.3 Å². The number of aromatic nitrogens is 2. The van der Waals surface area contributed by atoms with Crippen molar-refractivity contribution in [3.05, 3.63) is 70.1 Å². The standard InChI is InChI=1S/C17H16N2O2/c1-2-21-13-9-7-12(8-10-13)11-16-17(20)19-15-6-4-3-5-14(15)18-16/h3-10H,2,11H2,1H3,(H,19,20). The average molecular weight is 280 g/mol. The fraction of sp³-hybridized carbons (Fsp3) is 0.176. The van der Waals surface area contributed by atoms with Gasteiger partial charge in [0.1, 0.15) is 11.4 Å². The van der Waals surface area contributed by atoms with Crippen LogP contribution in [-0.4, -0.2) is 16.6 Å². The number of hydrogen-bond donors (Lipinski definition) is 1. The third-order valence-electron chi connectivity index (χ3n) is 3.28. The van der Waals surface area contributed by atoms with Crippen molar-refractivity contribution in [2.45, 2.75) is 13.3 Å². The Morgan fingerprint density at radius 3 is 2.62 bits per heavy atom. The molecule has 0 aliphatic rings. The Bertz CT molecular complexity index is 807. The van der Waals surface area contributed by atoms with E-state index in [1.165, 1.54) is 0 Å². The molecule has 3 rings (SSSR count). The second-order valence-electron chi connectivity index (χ2n) is 4.78. The molecule has 0 unspecified atom stereocenters. The van der Waals surface area contributed by atoms with E-state index in [1.54, 1.807) is 0 Å². The summed E-state index contributed by atoms with van der Waals surface area (Å²) in [7, 11) is 0. The SMILES string of the molecule is CCOc1ccc(Cc2nc3ccccc3[nH]c2=O)cc1. The molecule has 0 amide bonds. The fourth-order valence-corrected chi connectivity index (χ4v) is 2.25. The Kier molecular flexibility index (Phi) is 3.69. The van der Waals surface area contributed by atoms with Crippen molar-refractivity contribution < 1.29 is 4.74 Å². The quantitative estimate of drug-likeness (QED) is 0.799. The van der Waals surface area contributed by atoms with Gasteiger partial charge < -0.3 is 9.72 Å². The van der Waals surface area contributed by atoms with Crippen LogP contribution in [-0.2, 0) is 6.42 Å². The molecule has 2 aromatic carbocycles. The number of nitrogens with zero attached hydrogens (tertiary/aromatic N) is 1. The molecule has 0 fully saturated rings. The van der Waals surface area contributed by atoms with Crippen LogP contribution >= 0.6 is 0 Å². The second-order valence-corrected chi connectivity index (χ2v) is 4.78. The largest absolute Gasteiger partial charge is 0.494 e. The molecular formula is C17H16N2O2. The Balaban J connectivity index is 1.90. The first-order chi connectivity index (χ1) is 10.3. The molecule has 4 nitrogen and oxygen atoms in total. The molecular weight excluding hydrogens is 264 g/mol. The number of hydrogen-bond acceptors (Lipinski definition) is 3. The van der Waals surface area contributed by atoms with Crippen molar-refractivity contribution in [3.8, 4) is 5.75 Å². The first kappa shape index (κ1) is 13.4. The van der Waals surface area contributed by atoms with Gasteiger partial charge in [0.25, 0.3) is 5.56 Å². The highest BCUT2D eigenvalue weighted by molar-refractivity contribution is 5.73. The zero-order valence-electron chi connectivity index (χ0n) is 11.8. The topological polar surface area (TPSA) is 55.0 Å². The first-order valence-electron chi connectivity index (χ1n) is 6.96. The lowest BCUT2D eigenvalue weighted by atomic mass is 10.1. The Morgan fingerprint density at radius 2 is 1.86 bits per heavy atom. The lowest BCUT2D eigenvalue weighted by molar-refractivity contribution is 0.340. The number of para-hydroxylation sites is 2. The summed E-state index contributed by atoms with van der Waals surface area (Å²) in [6.07, 6.45) is 0.507. The van der Waals surface area contributed by atoms with Gasteiger partial charge in [0.15, 0.2) is 0 Å². The summed E-state index contributed by atoms with van der Waals surface area (Å²) in [5.41, 5.74) is 2.99. The lowest BCUT2D eigenvalue weighted by Crippen LogP contribution is -2.15. The molecule has 4 heteroatoms. The maximum atomic E-state index is 12.1. The molecule has 0 spiro atoms. The van der Waals surface area contributed by atoms with Crippen LogP contribution in [0.1, 0.15) is 18.2 Å². The van der Waals surface area contributed by atoms with Crippen molar-refractivity contribution in [2.24, 2.45) is 0 Å². The fourth-order valence-electron chi connectivity index (χ4n) is 2.25. The van der Waals surface area contributed by atoms with Crippen LogP contribution in [0.3, 0.4) is 0 Å². The van der Waals surface area contributed by atoms with Gasteiger partial charge in [0.2, 0.25) is 0 Å². The number of H-pyrrole nitrogens is 1. The third kappa shape index (κ3) is 2.94. The van der Waals surface area contributed by atoms with Crippen LogP contribution in [0.4, 0.5) is 0 Å². The van der Waals surface area contributed by atoms with E-state index < -0.39 is 0 Å². The number of aromatic amines is 1. The zero-order valence-corrected chi connectivity index (χ0v) is 11.8. The molecule has 0 atom stereocenters. The Morgan fingerprint density at radius 1 is 1.10 bits per heavy atom. The van der Waals surface area contributed by atoms with Crippen molar-refractivity contribution in [3.63, 3.8) is 0 Å². The highest BCUT2D eigenvalue weighted by atomic mass is 16.5. The summed E-state index contributed by atoms with van der Waals surface area (Å²) in [6.45, 7) is 2.59. The van der Waals surface area contributed by atoms with E-state index in [4.69, 9.17) is 4.74 Å². The highest BCUT2D eigenvalue weighted by Crippen LogP contribution is 2.14. The molecule has 3 aromatic rings. The molecule has 0 saturated carbocycles. The highest BCUT2D eigenvalue weighted by Gasteiger charge is 2.06. The van der Waals surface area contributed by atoms with Gasteiger partial charge in [-0.05, 0) is 36.8 Å². The molecule has 1 aromatic heterocycles. The van der Waals surface area contributed by atoms with E-state index in [0.29, 0.717) is 18.7 Å². The minimum absolute atomic E-state index is 0.136. The van der Waals surface area contributed by atoms with Gasteiger partial charge in [-0.2, -0.15) is 0 Å². The molecule has 0 bridgehead atoms. The zero-order chi connectivity index (χ0) is 14.7. The third-order valence-corrected chi connectivity index (χ3v) is 3.28. The van der Waals surface area contributed by atoms with Gasteiger partial charge in [0, 0.05) is 6.42 Å². The van der Waals surface area contributed by atoms with Crippen molar-refractivity contribution in [1.82, 2.24) is 9.97 Å². The van der Waals surface area contributed by atoms with Crippen molar-refractivity contribution in [2.75, 3.05) is 6.61 Å². The number of fused-ring (bicyclic) bond motifs is 1. The Labute approximate surface area is 122 Å². The van der Waals surface area contributed by atoms with Crippen LogP contribution in [0, 0.1) is 0 Å². The summed E-state index contributed by atoms with van der Waals surface area (Å²) in [4.78, 5) is 19.4. The molecule has 0 aliphatic carbocycles. The van der Waals surface area contributed by atoms with Crippen LogP contribution in [0.2, 0.25) is 0 Å². The molecule has 1 N–H and O–H groups in total. The summed E-state index contributed by atoms with van der Waals surface area (Å²) in [6, 6.07) is 15.3. The molecule has 0 aliphatic heterocycles. The van der Waals surface area contributed by atoms with Gasteiger partial charge in [-0.1, -0.05) is 24.3 Å². The summed E-state index contributed by atoms with van der Waals surface area (Å²) < 4.78 is 5.41. The predicted octanol–water partition coefficient (Wildman–Crippen LogP) is 2.91. The molecule has 1 heterocycles. The summed E-state index contributed by atoms with van der Waals surface area (Å²) in [5.74, 6) is 0.835. The van der Waals surface area contributed by atoms with E-state index in [9.17, 15) is 4.79 Å². The number of rotatable bonds is 4. The van der Waals surface area contributed by atoms with Gasteiger partial charge in [-0.3, -0.25) is 4.79 Å². The molecule has 21 heavy (non-hydrogen) atoms. The number of nitrogens with one attached hydrogen (secondary N) is 1. The van der Waals surface area contributed by atoms with E-state index in [2.05, 4.69) is 9.97 Å². The first-order valence-corrected chi connectivity index (χ1v) is 6.96. The maximum Gasteiger partial charge on any atom is 0.270 e. The van der Waals surface area contributed by atoms with Crippen LogP contribution < -0.4 is 10.3 Å². The van der Waals surface area contributed by atoms with Crippen molar-refractivity contribution >= 4 is 11.0 Å². The lowest BCUT2D eigenvalue weighted by Gasteiger charge is -2.05. The monoisotopic (exact) mass is 280 g/mol. The van der Waals surface area contributed by atoms with Crippen LogP contribution in [0.25, 0.3) is 11.0 Å². The van der Waals surface area contributed by atoms with E-state index >= 15 is 0 Å². The maximum absolute atomic E-state index is 12.1. The number of ether oxygens (including phenoxy) is 1. The van der Waals surface area contributed by atoms with E-state index in [1.807, 2.05) is 55.5 Å². The van der Waals surface area contributed by atoms with E-state index in [0.717, 1.165) is 22.3 Å². The normalized spacial score (nSPS) is 10.7. The minimum Gasteiger partial charge on any atom is -0.494 e. The van der Waals surface area contributed by atoms with Gasteiger partial charge in [0.05, 0.1) is 17.6 Å². The van der Waals surface area contributed by atoms with Gasteiger partial charge >= 0.3 is 0 Å². The average Bonchev–Trinajstić information content (AvgIpc) is 2.50. The smallest absolute Gasteiger partial charge is 0.270 e. The summed E-state index contributed by atoms with van der Waals surface area (Å²) >= 11 is 0. The van der Waals surface area contributed by atoms with Crippen LogP contribution in [0.5, 0.6) is 5.75 Å². The second kappa shape index (κ2) is 5.79. The summed E-state index contributed by atoms with van der Waals surface area (Å²) in [5, 5.41) is 0. The molecule has 0 radical (unpaired) electrons. The minimum atomic E-state index is -0.136. The molecule has 0 saturated heterocycles. The van der Waals surface area contributed by atoms with E-state index in [-0.39, 0.29) is 5.56 Å². The Hall–Kier alpha value is -2.62. The predicted molar refractivity (Wildman–Crippen MR) is 82.8 cm³/mol. The van der Waals surface area contributed by atoms with Gasteiger partial charge in [-0.15, -0.1) is 0 Å².